The lowest BCUT2D eigenvalue weighted by atomic mass is 9.79. The van der Waals surface area contributed by atoms with Crippen molar-refractivity contribution in [2.45, 2.75) is 51.5 Å². The minimum absolute atomic E-state index is 0.0383. The molecular formula is C18H29N3O3S. The van der Waals surface area contributed by atoms with Gasteiger partial charge in [0.25, 0.3) is 0 Å². The van der Waals surface area contributed by atoms with Crippen molar-refractivity contribution < 1.29 is 13.2 Å². The fourth-order valence-electron chi connectivity index (χ4n) is 3.11. The topological polar surface area (TPSA) is 92.5 Å². The monoisotopic (exact) mass is 367 g/mol. The number of rotatable bonds is 5. The van der Waals surface area contributed by atoms with Crippen LogP contribution < -0.4 is 10.5 Å². The van der Waals surface area contributed by atoms with E-state index in [1.807, 2.05) is 13.0 Å². The molecule has 1 aliphatic rings. The van der Waals surface area contributed by atoms with Crippen LogP contribution in [0, 0.1) is 19.3 Å². The van der Waals surface area contributed by atoms with Crippen LogP contribution >= 0.6 is 0 Å². The van der Waals surface area contributed by atoms with Gasteiger partial charge in [0.2, 0.25) is 15.9 Å². The van der Waals surface area contributed by atoms with Gasteiger partial charge in [0, 0.05) is 32.1 Å². The van der Waals surface area contributed by atoms with E-state index in [1.54, 1.807) is 24.0 Å². The fraction of sp³-hybridized carbons (Fsp3) is 0.611. The summed E-state index contributed by atoms with van der Waals surface area (Å²) in [5.41, 5.74) is 7.55. The van der Waals surface area contributed by atoms with Crippen LogP contribution in [0.1, 0.15) is 37.8 Å². The molecule has 1 aromatic carbocycles. The number of sulfonamides is 1. The number of carbonyl (C=O) groups excluding carboxylic acids is 1. The molecule has 1 aromatic rings. The highest BCUT2D eigenvalue weighted by molar-refractivity contribution is 7.89. The highest BCUT2D eigenvalue weighted by Gasteiger charge is 2.35. The molecule has 1 saturated heterocycles. The average molecular weight is 368 g/mol. The number of aryl methyl sites for hydroxylation is 2. The first-order valence-electron chi connectivity index (χ1n) is 8.63. The minimum Gasteiger partial charge on any atom is -0.342 e. The molecule has 25 heavy (non-hydrogen) atoms. The molecule has 1 fully saturated rings. The average Bonchev–Trinajstić information content (AvgIpc) is 2.51. The summed E-state index contributed by atoms with van der Waals surface area (Å²) in [5.74, 6) is -0.0383. The van der Waals surface area contributed by atoms with E-state index in [0.29, 0.717) is 18.7 Å². The van der Waals surface area contributed by atoms with E-state index in [0.717, 1.165) is 12.0 Å². The second kappa shape index (κ2) is 7.43. The maximum absolute atomic E-state index is 12.5. The SMILES string of the molecule is Cc1ccc(C)c(S(=O)(=O)NCCC(=O)N2CCC(N)C(C)(C)C2)c1. The Kier molecular flexibility index (Phi) is 5.91. The highest BCUT2D eigenvalue weighted by atomic mass is 32.2. The van der Waals surface area contributed by atoms with Crippen LogP contribution in [0.4, 0.5) is 0 Å². The van der Waals surface area contributed by atoms with Crippen molar-refractivity contribution in [3.05, 3.63) is 29.3 Å². The standard InChI is InChI=1S/C18H29N3O3S/c1-13-5-6-14(2)15(11-13)25(23,24)20-9-7-17(22)21-10-8-16(19)18(3,4)12-21/h5-6,11,16,20H,7-10,12,19H2,1-4H3. The van der Waals surface area contributed by atoms with Crippen molar-refractivity contribution >= 4 is 15.9 Å². The van der Waals surface area contributed by atoms with Gasteiger partial charge in [-0.25, -0.2) is 13.1 Å². The largest absolute Gasteiger partial charge is 0.342 e. The maximum Gasteiger partial charge on any atom is 0.240 e. The number of carbonyl (C=O) groups is 1. The second-order valence-corrected chi connectivity index (χ2v) is 9.35. The summed E-state index contributed by atoms with van der Waals surface area (Å²) in [4.78, 5) is 14.4. The molecule has 1 aliphatic heterocycles. The van der Waals surface area contributed by atoms with Crippen LogP contribution in [0.3, 0.4) is 0 Å². The van der Waals surface area contributed by atoms with E-state index in [2.05, 4.69) is 18.6 Å². The van der Waals surface area contributed by atoms with E-state index in [1.165, 1.54) is 0 Å². The number of nitrogens with two attached hydrogens (primary N) is 1. The summed E-state index contributed by atoms with van der Waals surface area (Å²) >= 11 is 0. The number of nitrogens with zero attached hydrogens (tertiary/aromatic N) is 1. The molecule has 1 unspecified atom stereocenters. The molecule has 0 aromatic heterocycles. The molecule has 0 bridgehead atoms. The zero-order valence-corrected chi connectivity index (χ0v) is 16.3. The lowest BCUT2D eigenvalue weighted by molar-refractivity contribution is -0.134. The third kappa shape index (κ3) is 4.80. The molecule has 1 atom stereocenters. The number of likely N-dealkylation sites (tertiary alicyclic amines) is 1. The summed E-state index contributed by atoms with van der Waals surface area (Å²) in [6.45, 7) is 9.06. The zero-order valence-electron chi connectivity index (χ0n) is 15.5. The Bertz CT molecular complexity index is 744. The van der Waals surface area contributed by atoms with Crippen molar-refractivity contribution in [2.24, 2.45) is 11.1 Å². The second-order valence-electron chi connectivity index (χ2n) is 7.62. The third-order valence-corrected chi connectivity index (χ3v) is 6.53. The molecule has 0 radical (unpaired) electrons. The van der Waals surface area contributed by atoms with Crippen molar-refractivity contribution in [1.82, 2.24) is 9.62 Å². The van der Waals surface area contributed by atoms with Gasteiger partial charge < -0.3 is 10.6 Å². The van der Waals surface area contributed by atoms with Crippen LogP contribution in [-0.2, 0) is 14.8 Å². The molecule has 6 nitrogen and oxygen atoms in total. The summed E-state index contributed by atoms with van der Waals surface area (Å²) in [7, 11) is -3.61. The van der Waals surface area contributed by atoms with Crippen molar-refractivity contribution in [2.75, 3.05) is 19.6 Å². The Balaban J connectivity index is 1.94. The van der Waals surface area contributed by atoms with Crippen LogP contribution in [0.5, 0.6) is 0 Å². The maximum atomic E-state index is 12.5. The molecule has 7 heteroatoms. The van der Waals surface area contributed by atoms with Gasteiger partial charge in [0.05, 0.1) is 4.90 Å². The lowest BCUT2D eigenvalue weighted by Gasteiger charge is -2.42. The van der Waals surface area contributed by atoms with Crippen molar-refractivity contribution in [3.8, 4) is 0 Å². The Morgan fingerprint density at radius 3 is 2.68 bits per heavy atom. The van der Waals surface area contributed by atoms with Gasteiger partial charge in [-0.1, -0.05) is 26.0 Å². The zero-order chi connectivity index (χ0) is 18.8. The normalized spacial score (nSPS) is 20.5. The molecule has 0 spiro atoms. The molecule has 3 N–H and O–H groups in total. The van der Waals surface area contributed by atoms with Crippen LogP contribution in [0.25, 0.3) is 0 Å². The number of nitrogens with one attached hydrogen (secondary N) is 1. The molecule has 140 valence electrons. The molecule has 0 saturated carbocycles. The predicted molar refractivity (Wildman–Crippen MR) is 98.7 cm³/mol. The molecule has 0 aliphatic carbocycles. The summed E-state index contributed by atoms with van der Waals surface area (Å²) < 4.78 is 27.5. The summed E-state index contributed by atoms with van der Waals surface area (Å²) in [6.07, 6.45) is 0.919. The Morgan fingerprint density at radius 2 is 2.04 bits per heavy atom. The van der Waals surface area contributed by atoms with E-state index >= 15 is 0 Å². The van der Waals surface area contributed by atoms with Gasteiger partial charge in [0.15, 0.2) is 0 Å². The number of hydrogen-bond donors (Lipinski definition) is 2. The van der Waals surface area contributed by atoms with Crippen molar-refractivity contribution in [1.29, 1.82) is 0 Å². The number of benzene rings is 1. The van der Waals surface area contributed by atoms with Gasteiger partial charge in [0.1, 0.15) is 0 Å². The molecular weight excluding hydrogens is 338 g/mol. The first-order valence-corrected chi connectivity index (χ1v) is 10.1. The van der Waals surface area contributed by atoms with E-state index in [9.17, 15) is 13.2 Å². The Hall–Kier alpha value is -1.44. The molecule has 2 rings (SSSR count). The summed E-state index contributed by atoms with van der Waals surface area (Å²) in [5, 5.41) is 0. The van der Waals surface area contributed by atoms with Gasteiger partial charge in [-0.05, 0) is 42.9 Å². The fourth-order valence-corrected chi connectivity index (χ4v) is 4.47. The predicted octanol–water partition coefficient (Wildman–Crippen LogP) is 1.56. The lowest BCUT2D eigenvalue weighted by Crippen LogP contribution is -2.54. The van der Waals surface area contributed by atoms with Crippen LogP contribution in [-0.4, -0.2) is 44.9 Å². The summed E-state index contributed by atoms with van der Waals surface area (Å²) in [6, 6.07) is 5.39. The third-order valence-electron chi connectivity index (χ3n) is 4.93. The number of piperidine rings is 1. The van der Waals surface area contributed by atoms with E-state index in [4.69, 9.17) is 5.73 Å². The van der Waals surface area contributed by atoms with Gasteiger partial charge >= 0.3 is 0 Å². The van der Waals surface area contributed by atoms with Crippen LogP contribution in [0.2, 0.25) is 0 Å². The highest BCUT2D eigenvalue weighted by Crippen LogP contribution is 2.27. The van der Waals surface area contributed by atoms with Crippen molar-refractivity contribution in [3.63, 3.8) is 0 Å². The van der Waals surface area contributed by atoms with Gasteiger partial charge in [-0.15, -0.1) is 0 Å². The van der Waals surface area contributed by atoms with Crippen LogP contribution in [0.15, 0.2) is 23.1 Å². The molecule has 1 heterocycles. The number of amides is 1. The Labute approximate surface area is 150 Å². The molecule has 1 amide bonds. The Morgan fingerprint density at radius 1 is 1.36 bits per heavy atom. The quantitative estimate of drug-likeness (QED) is 0.826. The smallest absolute Gasteiger partial charge is 0.240 e. The van der Waals surface area contributed by atoms with E-state index in [-0.39, 0.29) is 35.2 Å². The minimum atomic E-state index is -3.61. The van der Waals surface area contributed by atoms with Gasteiger partial charge in [-0.3, -0.25) is 4.79 Å². The first kappa shape index (κ1) is 19.9. The first-order chi connectivity index (χ1) is 11.5. The van der Waals surface area contributed by atoms with Gasteiger partial charge in [-0.2, -0.15) is 0 Å². The number of hydrogen-bond acceptors (Lipinski definition) is 4. The van der Waals surface area contributed by atoms with E-state index < -0.39 is 10.0 Å².